The second kappa shape index (κ2) is 7.59. The summed E-state index contributed by atoms with van der Waals surface area (Å²) in [7, 11) is 0. The van der Waals surface area contributed by atoms with Gasteiger partial charge >= 0.3 is 5.97 Å². The summed E-state index contributed by atoms with van der Waals surface area (Å²) in [6.45, 7) is 0. The van der Waals surface area contributed by atoms with Crippen LogP contribution in [0.4, 0.5) is 0 Å². The molecule has 3 unspecified atom stereocenters. The summed E-state index contributed by atoms with van der Waals surface area (Å²) in [5.41, 5.74) is 1.07. The van der Waals surface area contributed by atoms with E-state index in [1.54, 1.807) is 0 Å². The van der Waals surface area contributed by atoms with Crippen molar-refractivity contribution in [3.63, 3.8) is 0 Å². The average molecular weight is 305 g/mol. The molecule has 0 bridgehead atoms. The molecular formula is C16H19NO5. The largest absolute Gasteiger partial charge is 0.481 e. The number of hydrogen-bond acceptors (Lipinski definition) is 4. The summed E-state index contributed by atoms with van der Waals surface area (Å²) in [6, 6.07) is 9.73. The van der Waals surface area contributed by atoms with Gasteiger partial charge in [0.2, 0.25) is 0 Å². The Morgan fingerprint density at radius 1 is 1.41 bits per heavy atom. The van der Waals surface area contributed by atoms with Crippen LogP contribution in [-0.4, -0.2) is 22.3 Å². The van der Waals surface area contributed by atoms with Crippen LogP contribution in [0, 0.1) is 16.0 Å². The van der Waals surface area contributed by atoms with Crippen molar-refractivity contribution >= 4 is 5.97 Å². The van der Waals surface area contributed by atoms with Crippen molar-refractivity contribution in [2.24, 2.45) is 5.92 Å². The zero-order valence-corrected chi connectivity index (χ0v) is 12.1. The van der Waals surface area contributed by atoms with E-state index in [4.69, 9.17) is 9.94 Å². The van der Waals surface area contributed by atoms with Crippen LogP contribution in [0.2, 0.25) is 0 Å². The lowest BCUT2D eigenvalue weighted by Gasteiger charge is -2.33. The van der Waals surface area contributed by atoms with Gasteiger partial charge in [-0.2, -0.15) is 0 Å². The molecule has 1 aromatic rings. The van der Waals surface area contributed by atoms with Gasteiger partial charge in [0, 0.05) is 12.3 Å². The number of allylic oxidation sites excluding steroid dienone is 2. The monoisotopic (exact) mass is 305 g/mol. The van der Waals surface area contributed by atoms with Gasteiger partial charge < -0.3 is 9.94 Å². The molecule has 0 aromatic heterocycles. The molecule has 6 nitrogen and oxygen atoms in total. The second-order valence-electron chi connectivity index (χ2n) is 5.41. The third-order valence-corrected chi connectivity index (χ3v) is 4.00. The Morgan fingerprint density at radius 3 is 2.77 bits per heavy atom. The minimum absolute atomic E-state index is 0.00805. The van der Waals surface area contributed by atoms with Gasteiger partial charge in [-0.25, -0.2) is 0 Å². The molecule has 1 aliphatic rings. The van der Waals surface area contributed by atoms with E-state index in [1.165, 1.54) is 0 Å². The fourth-order valence-electron chi connectivity index (χ4n) is 3.03. The van der Waals surface area contributed by atoms with Crippen molar-refractivity contribution in [3.05, 3.63) is 58.2 Å². The number of carboxylic acids is 1. The molecule has 6 heteroatoms. The highest BCUT2D eigenvalue weighted by Gasteiger charge is 2.33. The molecule has 0 radical (unpaired) electrons. The van der Waals surface area contributed by atoms with E-state index in [0.717, 1.165) is 18.4 Å². The fraction of sp³-hybridized carbons (Fsp3) is 0.438. The molecule has 1 aliphatic carbocycles. The summed E-state index contributed by atoms with van der Waals surface area (Å²) >= 11 is 0. The van der Waals surface area contributed by atoms with Gasteiger partial charge in [0.05, 0.1) is 0 Å². The minimum atomic E-state index is -0.973. The standard InChI is InChI=1S/C16H19NO5/c18-16(19)11-10-15(22-17(20)21)14-9-5-4-8-13(14)12-6-2-1-3-7-12/h1-4,6-8,13-15H,5,9-11H2,(H,18,19). The first-order valence-electron chi connectivity index (χ1n) is 7.32. The molecule has 1 N–H and O–H groups in total. The van der Waals surface area contributed by atoms with Crippen LogP contribution < -0.4 is 0 Å². The van der Waals surface area contributed by atoms with Crippen LogP contribution in [0.15, 0.2) is 42.5 Å². The zero-order chi connectivity index (χ0) is 15.9. The molecule has 0 heterocycles. The number of carboxylic acid groups (broad SMARTS) is 1. The molecular weight excluding hydrogens is 286 g/mol. The van der Waals surface area contributed by atoms with Gasteiger partial charge in [0.25, 0.3) is 5.09 Å². The molecule has 3 atom stereocenters. The lowest BCUT2D eigenvalue weighted by atomic mass is 9.75. The van der Waals surface area contributed by atoms with Crippen molar-refractivity contribution < 1.29 is 19.8 Å². The molecule has 0 aliphatic heterocycles. The Hall–Kier alpha value is -2.37. The normalized spacial score (nSPS) is 22.0. The van der Waals surface area contributed by atoms with Crippen LogP contribution >= 0.6 is 0 Å². The lowest BCUT2D eigenvalue weighted by molar-refractivity contribution is -0.771. The van der Waals surface area contributed by atoms with E-state index in [0.29, 0.717) is 0 Å². The summed E-state index contributed by atoms with van der Waals surface area (Å²) in [6.07, 6.45) is 4.96. The first kappa shape index (κ1) is 16.0. The Morgan fingerprint density at radius 2 is 2.14 bits per heavy atom. The maximum atomic E-state index is 10.8. The minimum Gasteiger partial charge on any atom is -0.481 e. The third-order valence-electron chi connectivity index (χ3n) is 4.00. The molecule has 0 amide bonds. The average Bonchev–Trinajstić information content (AvgIpc) is 2.52. The van der Waals surface area contributed by atoms with Gasteiger partial charge in [0.15, 0.2) is 0 Å². The zero-order valence-electron chi connectivity index (χ0n) is 12.1. The van der Waals surface area contributed by atoms with Crippen LogP contribution in [0.1, 0.15) is 37.2 Å². The highest BCUT2D eigenvalue weighted by atomic mass is 17.0. The topological polar surface area (TPSA) is 89.7 Å². The highest BCUT2D eigenvalue weighted by Crippen LogP contribution is 2.38. The van der Waals surface area contributed by atoms with Gasteiger partial charge in [0.1, 0.15) is 6.10 Å². The molecule has 1 aromatic carbocycles. The van der Waals surface area contributed by atoms with Crippen molar-refractivity contribution in [2.75, 3.05) is 0 Å². The maximum absolute atomic E-state index is 10.8. The smallest absolute Gasteiger partial charge is 0.303 e. The SMILES string of the molecule is O=C(O)CCC(O[N+](=O)[O-])C1CCC=CC1c1ccccc1. The lowest BCUT2D eigenvalue weighted by Crippen LogP contribution is -2.32. The predicted molar refractivity (Wildman–Crippen MR) is 79.8 cm³/mol. The van der Waals surface area contributed by atoms with E-state index in [2.05, 4.69) is 6.08 Å². The molecule has 0 saturated heterocycles. The van der Waals surface area contributed by atoms with Crippen molar-refractivity contribution in [1.29, 1.82) is 0 Å². The van der Waals surface area contributed by atoms with E-state index in [9.17, 15) is 14.9 Å². The van der Waals surface area contributed by atoms with E-state index in [1.807, 2.05) is 36.4 Å². The highest BCUT2D eigenvalue weighted by molar-refractivity contribution is 5.66. The van der Waals surface area contributed by atoms with Gasteiger partial charge in [-0.1, -0.05) is 42.5 Å². The number of nitrogens with zero attached hydrogens (tertiary/aromatic N) is 1. The number of benzene rings is 1. The Labute approximate surface area is 128 Å². The van der Waals surface area contributed by atoms with Crippen LogP contribution in [-0.2, 0) is 9.63 Å². The Balaban J connectivity index is 2.20. The number of aliphatic carboxylic acids is 1. The molecule has 0 spiro atoms. The molecule has 118 valence electrons. The molecule has 2 rings (SSSR count). The van der Waals surface area contributed by atoms with Crippen molar-refractivity contribution in [1.82, 2.24) is 0 Å². The van der Waals surface area contributed by atoms with Crippen molar-refractivity contribution in [3.8, 4) is 0 Å². The number of carbonyl (C=O) groups is 1. The van der Waals surface area contributed by atoms with E-state index in [-0.39, 0.29) is 24.7 Å². The Kier molecular flexibility index (Phi) is 5.52. The van der Waals surface area contributed by atoms with Crippen LogP contribution in [0.3, 0.4) is 0 Å². The third kappa shape index (κ3) is 4.31. The van der Waals surface area contributed by atoms with Gasteiger partial charge in [-0.15, -0.1) is 10.1 Å². The first-order chi connectivity index (χ1) is 10.6. The summed E-state index contributed by atoms with van der Waals surface area (Å²) in [4.78, 5) is 26.4. The summed E-state index contributed by atoms with van der Waals surface area (Å²) in [5, 5.41) is 18.8. The van der Waals surface area contributed by atoms with E-state index < -0.39 is 17.2 Å². The maximum Gasteiger partial charge on any atom is 0.303 e. The first-order valence-corrected chi connectivity index (χ1v) is 7.32. The molecule has 0 fully saturated rings. The van der Waals surface area contributed by atoms with Gasteiger partial charge in [-0.05, 0) is 30.7 Å². The number of hydrogen-bond donors (Lipinski definition) is 1. The molecule has 22 heavy (non-hydrogen) atoms. The second-order valence-corrected chi connectivity index (χ2v) is 5.41. The van der Waals surface area contributed by atoms with Crippen LogP contribution in [0.5, 0.6) is 0 Å². The molecule has 0 saturated carbocycles. The quantitative estimate of drug-likeness (QED) is 0.474. The van der Waals surface area contributed by atoms with Crippen LogP contribution in [0.25, 0.3) is 0 Å². The fourth-order valence-corrected chi connectivity index (χ4v) is 3.03. The predicted octanol–water partition coefficient (Wildman–Crippen LogP) is 3.18. The number of rotatable bonds is 7. The van der Waals surface area contributed by atoms with E-state index >= 15 is 0 Å². The Bertz CT molecular complexity index is 543. The van der Waals surface area contributed by atoms with Gasteiger partial charge in [-0.3, -0.25) is 4.79 Å². The summed E-state index contributed by atoms with van der Waals surface area (Å²) < 4.78 is 0. The van der Waals surface area contributed by atoms with Crippen molar-refractivity contribution in [2.45, 2.75) is 37.7 Å². The summed E-state index contributed by atoms with van der Waals surface area (Å²) in [5.74, 6) is -1.06.